The normalized spacial score (nSPS) is 10.8. The SMILES string of the molecule is OCc1cc2[nH]cnc2cc1O. The lowest BCUT2D eigenvalue weighted by molar-refractivity contribution is 0.276. The van der Waals surface area contributed by atoms with Crippen LogP contribution in [-0.2, 0) is 6.61 Å². The molecule has 0 spiro atoms. The zero-order valence-corrected chi connectivity index (χ0v) is 6.28. The second-order valence-electron chi connectivity index (χ2n) is 2.56. The van der Waals surface area contributed by atoms with Gasteiger partial charge < -0.3 is 15.2 Å². The van der Waals surface area contributed by atoms with E-state index in [9.17, 15) is 5.11 Å². The van der Waals surface area contributed by atoms with E-state index in [0.717, 1.165) is 5.52 Å². The smallest absolute Gasteiger partial charge is 0.123 e. The van der Waals surface area contributed by atoms with Gasteiger partial charge in [0.2, 0.25) is 0 Å². The summed E-state index contributed by atoms with van der Waals surface area (Å²) in [6.07, 6.45) is 1.55. The molecule has 2 aromatic rings. The van der Waals surface area contributed by atoms with Crippen molar-refractivity contribution < 1.29 is 10.2 Å². The van der Waals surface area contributed by atoms with Crippen LogP contribution in [0.25, 0.3) is 11.0 Å². The fourth-order valence-electron chi connectivity index (χ4n) is 1.14. The van der Waals surface area contributed by atoms with Crippen molar-refractivity contribution in [3.8, 4) is 5.75 Å². The molecule has 12 heavy (non-hydrogen) atoms. The number of aliphatic hydroxyl groups is 1. The molecule has 0 aliphatic rings. The standard InChI is InChI=1S/C8H8N2O2/c11-3-5-1-6-7(2-8(5)12)10-4-9-6/h1-2,4,11-12H,3H2,(H,9,10). The summed E-state index contributed by atoms with van der Waals surface area (Å²) in [5.74, 6) is 0.0806. The minimum atomic E-state index is -0.166. The lowest BCUT2D eigenvalue weighted by Crippen LogP contribution is -1.83. The molecule has 1 aromatic heterocycles. The van der Waals surface area contributed by atoms with Gasteiger partial charge in [-0.3, -0.25) is 0 Å². The maximum absolute atomic E-state index is 9.31. The quantitative estimate of drug-likeness (QED) is 0.582. The van der Waals surface area contributed by atoms with Crippen LogP contribution < -0.4 is 0 Å². The first-order valence-corrected chi connectivity index (χ1v) is 3.57. The van der Waals surface area contributed by atoms with Crippen LogP contribution in [0.2, 0.25) is 0 Å². The van der Waals surface area contributed by atoms with Gasteiger partial charge in [-0.1, -0.05) is 0 Å². The molecule has 0 aliphatic heterocycles. The average molecular weight is 164 g/mol. The van der Waals surface area contributed by atoms with Gasteiger partial charge >= 0.3 is 0 Å². The second-order valence-corrected chi connectivity index (χ2v) is 2.56. The van der Waals surface area contributed by atoms with Gasteiger partial charge in [-0.2, -0.15) is 0 Å². The van der Waals surface area contributed by atoms with Crippen LogP contribution in [0.3, 0.4) is 0 Å². The lowest BCUT2D eigenvalue weighted by atomic mass is 10.2. The molecule has 0 saturated heterocycles. The number of phenols is 1. The highest BCUT2D eigenvalue weighted by atomic mass is 16.3. The second kappa shape index (κ2) is 2.49. The number of rotatable bonds is 1. The minimum absolute atomic E-state index is 0.0806. The topological polar surface area (TPSA) is 69.1 Å². The van der Waals surface area contributed by atoms with Crippen molar-refractivity contribution in [1.82, 2.24) is 9.97 Å². The molecule has 1 heterocycles. The first kappa shape index (κ1) is 7.12. The van der Waals surface area contributed by atoms with E-state index in [2.05, 4.69) is 9.97 Å². The zero-order chi connectivity index (χ0) is 8.55. The number of H-pyrrole nitrogens is 1. The van der Waals surface area contributed by atoms with Crippen LogP contribution in [0.1, 0.15) is 5.56 Å². The van der Waals surface area contributed by atoms with Gasteiger partial charge in [0, 0.05) is 11.6 Å². The molecule has 0 saturated carbocycles. The van der Waals surface area contributed by atoms with Crippen molar-refractivity contribution in [2.45, 2.75) is 6.61 Å². The monoisotopic (exact) mass is 164 g/mol. The third kappa shape index (κ3) is 0.931. The number of nitrogens with zero attached hydrogens (tertiary/aromatic N) is 1. The molecule has 0 amide bonds. The molecular weight excluding hydrogens is 156 g/mol. The van der Waals surface area contributed by atoms with Gasteiger partial charge in [0.25, 0.3) is 0 Å². The summed E-state index contributed by atoms with van der Waals surface area (Å²) < 4.78 is 0. The summed E-state index contributed by atoms with van der Waals surface area (Å²) >= 11 is 0. The minimum Gasteiger partial charge on any atom is -0.507 e. The van der Waals surface area contributed by atoms with Gasteiger partial charge in [0.05, 0.1) is 24.0 Å². The molecule has 4 nitrogen and oxygen atoms in total. The Kier molecular flexibility index (Phi) is 1.48. The molecule has 2 rings (SSSR count). The Morgan fingerprint density at radius 2 is 2.25 bits per heavy atom. The van der Waals surface area contributed by atoms with Crippen LogP contribution in [0, 0.1) is 0 Å². The maximum Gasteiger partial charge on any atom is 0.123 e. The Labute approximate surface area is 68.5 Å². The summed E-state index contributed by atoms with van der Waals surface area (Å²) in [6, 6.07) is 3.20. The van der Waals surface area contributed by atoms with E-state index in [-0.39, 0.29) is 12.4 Å². The van der Waals surface area contributed by atoms with E-state index < -0.39 is 0 Å². The maximum atomic E-state index is 9.31. The van der Waals surface area contributed by atoms with E-state index >= 15 is 0 Å². The van der Waals surface area contributed by atoms with Gasteiger partial charge in [-0.15, -0.1) is 0 Å². The molecule has 0 aliphatic carbocycles. The van der Waals surface area contributed by atoms with Gasteiger partial charge in [0.1, 0.15) is 5.75 Å². The average Bonchev–Trinajstić information content (AvgIpc) is 2.49. The largest absolute Gasteiger partial charge is 0.507 e. The van der Waals surface area contributed by atoms with Gasteiger partial charge in [-0.05, 0) is 6.07 Å². The van der Waals surface area contributed by atoms with Crippen molar-refractivity contribution >= 4 is 11.0 Å². The van der Waals surface area contributed by atoms with Crippen molar-refractivity contribution in [1.29, 1.82) is 0 Å². The lowest BCUT2D eigenvalue weighted by Gasteiger charge is -1.99. The van der Waals surface area contributed by atoms with Crippen molar-refractivity contribution in [2.24, 2.45) is 0 Å². The molecule has 0 radical (unpaired) electrons. The number of imidazole rings is 1. The first-order chi connectivity index (χ1) is 5.81. The van der Waals surface area contributed by atoms with Crippen LogP contribution in [0.15, 0.2) is 18.5 Å². The zero-order valence-electron chi connectivity index (χ0n) is 6.28. The molecule has 0 fully saturated rings. The Hall–Kier alpha value is -1.55. The number of nitrogens with one attached hydrogen (secondary N) is 1. The fraction of sp³-hybridized carbons (Fsp3) is 0.125. The Morgan fingerprint density at radius 1 is 1.42 bits per heavy atom. The number of fused-ring (bicyclic) bond motifs is 1. The van der Waals surface area contributed by atoms with Crippen LogP contribution in [0.4, 0.5) is 0 Å². The number of hydrogen-bond donors (Lipinski definition) is 3. The predicted molar refractivity (Wildman–Crippen MR) is 43.7 cm³/mol. The predicted octanol–water partition coefficient (Wildman–Crippen LogP) is 0.761. The third-order valence-electron chi connectivity index (χ3n) is 1.79. The molecule has 3 N–H and O–H groups in total. The molecule has 4 heteroatoms. The molecule has 0 bridgehead atoms. The summed E-state index contributed by atoms with van der Waals surface area (Å²) in [4.78, 5) is 6.85. The summed E-state index contributed by atoms with van der Waals surface area (Å²) in [5.41, 5.74) is 2.02. The molecule has 0 atom stereocenters. The fourth-order valence-corrected chi connectivity index (χ4v) is 1.14. The van der Waals surface area contributed by atoms with E-state index in [4.69, 9.17) is 5.11 Å². The number of aromatic nitrogens is 2. The molecule has 1 aromatic carbocycles. The van der Waals surface area contributed by atoms with Gasteiger partial charge in [0.15, 0.2) is 0 Å². The molecule has 62 valence electrons. The van der Waals surface area contributed by atoms with E-state index in [1.54, 1.807) is 12.4 Å². The van der Waals surface area contributed by atoms with E-state index in [1.807, 2.05) is 0 Å². The highest BCUT2D eigenvalue weighted by molar-refractivity contribution is 5.77. The van der Waals surface area contributed by atoms with Crippen LogP contribution in [-0.4, -0.2) is 20.2 Å². The highest BCUT2D eigenvalue weighted by Crippen LogP contribution is 2.22. The van der Waals surface area contributed by atoms with Crippen molar-refractivity contribution in [3.63, 3.8) is 0 Å². The number of aliphatic hydroxyl groups excluding tert-OH is 1. The molecule has 0 unspecified atom stereocenters. The number of aromatic hydroxyl groups is 1. The Morgan fingerprint density at radius 3 is 3.00 bits per heavy atom. The Bertz CT molecular complexity index is 408. The first-order valence-electron chi connectivity index (χ1n) is 3.57. The van der Waals surface area contributed by atoms with Crippen LogP contribution in [0.5, 0.6) is 5.75 Å². The number of aromatic amines is 1. The van der Waals surface area contributed by atoms with Gasteiger partial charge in [-0.25, -0.2) is 4.98 Å². The number of benzene rings is 1. The summed E-state index contributed by atoms with van der Waals surface area (Å²) in [7, 11) is 0. The number of hydrogen-bond acceptors (Lipinski definition) is 3. The van der Waals surface area contributed by atoms with Crippen LogP contribution >= 0.6 is 0 Å². The van der Waals surface area contributed by atoms with E-state index in [1.165, 1.54) is 6.07 Å². The van der Waals surface area contributed by atoms with Crippen molar-refractivity contribution in [2.75, 3.05) is 0 Å². The highest BCUT2D eigenvalue weighted by Gasteiger charge is 2.03. The molecular formula is C8H8N2O2. The summed E-state index contributed by atoms with van der Waals surface area (Å²) in [6.45, 7) is -0.166. The summed E-state index contributed by atoms with van der Waals surface area (Å²) in [5, 5.41) is 18.1. The Balaban J connectivity index is 2.73. The van der Waals surface area contributed by atoms with E-state index in [0.29, 0.717) is 11.1 Å². The van der Waals surface area contributed by atoms with Crippen molar-refractivity contribution in [3.05, 3.63) is 24.0 Å². The third-order valence-corrected chi connectivity index (χ3v) is 1.79.